The van der Waals surface area contributed by atoms with Crippen molar-refractivity contribution in [3.8, 4) is 0 Å². The summed E-state index contributed by atoms with van der Waals surface area (Å²) in [6.07, 6.45) is -0.253. The van der Waals surface area contributed by atoms with Crippen molar-refractivity contribution in [3.05, 3.63) is 45.4 Å². The Labute approximate surface area is 202 Å². The molecule has 2 aliphatic heterocycles. The molecule has 6 nitrogen and oxygen atoms in total. The summed E-state index contributed by atoms with van der Waals surface area (Å²) in [5.74, 6) is -0.710. The summed E-state index contributed by atoms with van der Waals surface area (Å²) in [6.45, 7) is 5.90. The van der Waals surface area contributed by atoms with Crippen molar-refractivity contribution in [2.45, 2.75) is 38.3 Å². The van der Waals surface area contributed by atoms with Crippen molar-refractivity contribution < 1.29 is 22.7 Å². The van der Waals surface area contributed by atoms with E-state index >= 15 is 0 Å². The number of nitrogens with zero attached hydrogens (tertiary/aromatic N) is 3. The van der Waals surface area contributed by atoms with Gasteiger partial charge in [-0.2, -0.15) is 13.2 Å². The fourth-order valence-electron chi connectivity index (χ4n) is 4.39. The first-order valence-electron chi connectivity index (χ1n) is 11.9. The van der Waals surface area contributed by atoms with Crippen LogP contribution in [0.15, 0.2) is 24.3 Å². The van der Waals surface area contributed by atoms with Gasteiger partial charge >= 0.3 is 6.18 Å². The average Bonchev–Trinajstić information content (AvgIpc) is 3.29. The third-order valence-corrected chi connectivity index (χ3v) is 7.34. The fourth-order valence-corrected chi connectivity index (χ4v) is 5.37. The molecule has 0 aliphatic carbocycles. The Kier molecular flexibility index (Phi) is 8.44. The molecule has 2 fully saturated rings. The molecule has 186 valence electrons. The maximum absolute atomic E-state index is 13.6. The summed E-state index contributed by atoms with van der Waals surface area (Å²) < 4.78 is 46.1. The molecular formula is C24H31F3N4O2S. The smallest absolute Gasteiger partial charge is 0.378 e. The lowest BCUT2D eigenvalue weighted by Crippen LogP contribution is -2.36. The molecule has 1 aromatic carbocycles. The Bertz CT molecular complexity index is 954. The lowest BCUT2D eigenvalue weighted by Gasteiger charge is -2.29. The highest BCUT2D eigenvalue weighted by Gasteiger charge is 2.39. The molecule has 0 spiro atoms. The summed E-state index contributed by atoms with van der Waals surface area (Å²) in [4.78, 5) is 20.6. The maximum Gasteiger partial charge on any atom is 0.435 e. The van der Waals surface area contributed by atoms with Gasteiger partial charge in [0.25, 0.3) is 5.91 Å². The lowest BCUT2D eigenvalue weighted by molar-refractivity contribution is -0.141. The minimum absolute atomic E-state index is 0.254. The number of thiazole rings is 1. The van der Waals surface area contributed by atoms with Crippen LogP contribution < -0.4 is 10.2 Å². The molecule has 0 unspecified atom stereocenters. The van der Waals surface area contributed by atoms with E-state index in [0.29, 0.717) is 37.6 Å². The highest BCUT2D eigenvalue weighted by molar-refractivity contribution is 7.13. The van der Waals surface area contributed by atoms with Crippen LogP contribution in [0.2, 0.25) is 0 Å². The fraction of sp³-hybridized carbons (Fsp3) is 0.583. The monoisotopic (exact) mass is 496 g/mol. The van der Waals surface area contributed by atoms with E-state index in [1.54, 1.807) is 0 Å². The quantitative estimate of drug-likeness (QED) is 0.599. The first-order chi connectivity index (χ1) is 16.4. The van der Waals surface area contributed by atoms with Crippen molar-refractivity contribution in [1.29, 1.82) is 0 Å². The van der Waals surface area contributed by atoms with Gasteiger partial charge in [0.05, 0.1) is 18.2 Å². The van der Waals surface area contributed by atoms with Crippen molar-refractivity contribution in [2.24, 2.45) is 0 Å². The van der Waals surface area contributed by atoms with Crippen molar-refractivity contribution in [1.82, 2.24) is 15.2 Å². The second kappa shape index (κ2) is 11.5. The number of hydrogen-bond donors (Lipinski definition) is 1. The standard InChI is InChI=1S/C24H31F3N4O2S/c25-24(26,27)22-21(34-20(29-22)8-12-30-10-2-1-3-11-30)23(32)28-9-7-18-5-4-6-19(17-18)31-13-15-33-16-14-31/h4-6,17H,1-3,7-16H2,(H,28,32). The maximum atomic E-state index is 13.6. The number of halogens is 3. The van der Waals surface area contributed by atoms with Crippen LogP contribution in [-0.2, 0) is 23.8 Å². The van der Waals surface area contributed by atoms with Gasteiger partial charge in [-0.3, -0.25) is 4.79 Å². The number of ether oxygens (including phenoxy) is 1. The summed E-state index contributed by atoms with van der Waals surface area (Å²) in [5, 5.41) is 3.03. The van der Waals surface area contributed by atoms with Crippen LogP contribution in [-0.4, -0.2) is 68.3 Å². The van der Waals surface area contributed by atoms with Crippen LogP contribution in [0.25, 0.3) is 0 Å². The minimum Gasteiger partial charge on any atom is -0.378 e. The largest absolute Gasteiger partial charge is 0.435 e. The molecule has 2 saturated heterocycles. The molecule has 3 heterocycles. The molecule has 34 heavy (non-hydrogen) atoms. The van der Waals surface area contributed by atoms with Gasteiger partial charge in [0.2, 0.25) is 0 Å². The molecule has 2 aromatic rings. The van der Waals surface area contributed by atoms with E-state index in [1.807, 2.05) is 18.2 Å². The number of morpholine rings is 1. The van der Waals surface area contributed by atoms with E-state index < -0.39 is 17.8 Å². The van der Waals surface area contributed by atoms with Gasteiger partial charge in [0.1, 0.15) is 4.88 Å². The normalized spacial score (nSPS) is 17.7. The molecule has 0 radical (unpaired) electrons. The summed E-state index contributed by atoms with van der Waals surface area (Å²) >= 11 is 0.862. The number of carbonyl (C=O) groups excluding carboxylic acids is 1. The van der Waals surface area contributed by atoms with Crippen LogP contribution in [0.3, 0.4) is 0 Å². The first kappa shape index (κ1) is 24.9. The van der Waals surface area contributed by atoms with Crippen LogP contribution in [0.4, 0.5) is 18.9 Å². The highest BCUT2D eigenvalue weighted by atomic mass is 32.1. The number of likely N-dealkylation sites (tertiary alicyclic amines) is 1. The van der Waals surface area contributed by atoms with Gasteiger partial charge in [-0.15, -0.1) is 11.3 Å². The van der Waals surface area contributed by atoms with E-state index in [4.69, 9.17) is 4.74 Å². The predicted octanol–water partition coefficient (Wildman–Crippen LogP) is 4.00. The van der Waals surface area contributed by atoms with Gasteiger partial charge in [-0.1, -0.05) is 18.6 Å². The Morgan fingerprint density at radius 3 is 2.59 bits per heavy atom. The molecule has 0 saturated carbocycles. The molecular weight excluding hydrogens is 465 g/mol. The zero-order valence-electron chi connectivity index (χ0n) is 19.2. The number of amides is 1. The van der Waals surface area contributed by atoms with Crippen molar-refractivity contribution >= 4 is 22.9 Å². The Hall–Kier alpha value is -2.17. The van der Waals surface area contributed by atoms with Gasteiger partial charge in [0.15, 0.2) is 5.69 Å². The highest BCUT2D eigenvalue weighted by Crippen LogP contribution is 2.34. The van der Waals surface area contributed by atoms with Crippen molar-refractivity contribution in [3.63, 3.8) is 0 Å². The number of piperidine rings is 1. The number of aromatic nitrogens is 1. The number of benzene rings is 1. The third kappa shape index (κ3) is 6.70. The molecule has 1 N–H and O–H groups in total. The SMILES string of the molecule is O=C(NCCc1cccc(N2CCOCC2)c1)c1sc(CCN2CCCCC2)nc1C(F)(F)F. The number of nitrogens with one attached hydrogen (secondary N) is 1. The molecule has 1 aromatic heterocycles. The van der Waals surface area contributed by atoms with Crippen LogP contribution >= 0.6 is 11.3 Å². The van der Waals surface area contributed by atoms with E-state index in [-0.39, 0.29) is 11.4 Å². The Balaban J connectivity index is 1.35. The Morgan fingerprint density at radius 1 is 1.09 bits per heavy atom. The van der Waals surface area contributed by atoms with Crippen LogP contribution in [0, 0.1) is 0 Å². The van der Waals surface area contributed by atoms with Crippen LogP contribution in [0.5, 0.6) is 0 Å². The second-order valence-corrected chi connectivity index (χ2v) is 9.79. The predicted molar refractivity (Wildman–Crippen MR) is 127 cm³/mol. The average molecular weight is 497 g/mol. The molecule has 0 atom stereocenters. The van der Waals surface area contributed by atoms with Gasteiger partial charge in [0, 0.05) is 38.3 Å². The molecule has 1 amide bonds. The summed E-state index contributed by atoms with van der Waals surface area (Å²) in [6, 6.07) is 8.01. The summed E-state index contributed by atoms with van der Waals surface area (Å²) in [5.41, 5.74) is 1.04. The molecule has 10 heteroatoms. The number of hydrogen-bond acceptors (Lipinski definition) is 6. The lowest BCUT2D eigenvalue weighted by atomic mass is 10.1. The Morgan fingerprint density at radius 2 is 1.85 bits per heavy atom. The summed E-state index contributed by atoms with van der Waals surface area (Å²) in [7, 11) is 0. The minimum atomic E-state index is -4.65. The first-order valence-corrected chi connectivity index (χ1v) is 12.7. The van der Waals surface area contributed by atoms with E-state index in [0.717, 1.165) is 61.6 Å². The van der Waals surface area contributed by atoms with E-state index in [2.05, 4.69) is 26.2 Å². The molecule has 0 bridgehead atoms. The van der Waals surface area contributed by atoms with Gasteiger partial charge in [-0.05, 0) is 50.0 Å². The van der Waals surface area contributed by atoms with Crippen LogP contribution in [0.1, 0.15) is 45.2 Å². The number of carbonyl (C=O) groups is 1. The zero-order valence-corrected chi connectivity index (χ0v) is 20.0. The zero-order chi connectivity index (χ0) is 24.0. The second-order valence-electron chi connectivity index (χ2n) is 8.71. The van der Waals surface area contributed by atoms with Gasteiger partial charge < -0.3 is 19.9 Å². The number of anilines is 1. The van der Waals surface area contributed by atoms with Crippen molar-refractivity contribution in [2.75, 3.05) is 57.4 Å². The third-order valence-electron chi connectivity index (χ3n) is 6.22. The molecule has 4 rings (SSSR count). The van der Waals surface area contributed by atoms with E-state index in [9.17, 15) is 18.0 Å². The van der Waals surface area contributed by atoms with Gasteiger partial charge in [-0.25, -0.2) is 4.98 Å². The van der Waals surface area contributed by atoms with E-state index in [1.165, 1.54) is 6.42 Å². The molecule has 2 aliphatic rings. The number of alkyl halides is 3. The topological polar surface area (TPSA) is 57.7 Å². The number of rotatable bonds is 8.